The molecule has 15 heavy (non-hydrogen) atoms. The summed E-state index contributed by atoms with van der Waals surface area (Å²) in [6.07, 6.45) is 0. The van der Waals surface area contributed by atoms with Gasteiger partial charge in [-0.25, -0.2) is 8.78 Å². The van der Waals surface area contributed by atoms with Crippen molar-refractivity contribution < 1.29 is 13.6 Å². The Hall–Kier alpha value is -1.65. The summed E-state index contributed by atoms with van der Waals surface area (Å²) in [5.74, 6) is -1.63. The lowest BCUT2D eigenvalue weighted by Gasteiger charge is -2.13. The van der Waals surface area contributed by atoms with Crippen LogP contribution in [0.5, 0.6) is 0 Å². The Morgan fingerprint density at radius 3 is 2.60 bits per heavy atom. The van der Waals surface area contributed by atoms with Gasteiger partial charge in [-0.05, 0) is 19.1 Å². The zero-order chi connectivity index (χ0) is 11.4. The lowest BCUT2D eigenvalue weighted by molar-refractivity contribution is -0.121. The van der Waals surface area contributed by atoms with Crippen LogP contribution in [0, 0.1) is 11.6 Å². The summed E-state index contributed by atoms with van der Waals surface area (Å²) in [5.41, 5.74) is 0.104. The van der Waals surface area contributed by atoms with Gasteiger partial charge in [-0.3, -0.25) is 4.79 Å². The maximum Gasteiger partial charge on any atom is 0.241 e. The SMILES string of the molecule is CNC(=O)C(C)Nc1ccc(F)cc1F. The predicted octanol–water partition coefficient (Wildman–Crippen LogP) is 1.51. The van der Waals surface area contributed by atoms with Gasteiger partial charge in [-0.1, -0.05) is 0 Å². The molecule has 0 heterocycles. The minimum absolute atomic E-state index is 0.104. The highest BCUT2D eigenvalue weighted by atomic mass is 19.1. The van der Waals surface area contributed by atoms with E-state index >= 15 is 0 Å². The molecular formula is C10H12F2N2O. The lowest BCUT2D eigenvalue weighted by Crippen LogP contribution is -2.35. The second-order valence-electron chi connectivity index (χ2n) is 3.10. The van der Waals surface area contributed by atoms with E-state index in [2.05, 4.69) is 10.6 Å². The van der Waals surface area contributed by atoms with E-state index < -0.39 is 17.7 Å². The zero-order valence-corrected chi connectivity index (χ0v) is 8.47. The van der Waals surface area contributed by atoms with Crippen LogP contribution in [-0.4, -0.2) is 19.0 Å². The van der Waals surface area contributed by atoms with Crippen LogP contribution in [0.25, 0.3) is 0 Å². The smallest absolute Gasteiger partial charge is 0.241 e. The lowest BCUT2D eigenvalue weighted by atomic mass is 10.2. The Kier molecular flexibility index (Phi) is 3.60. The van der Waals surface area contributed by atoms with Gasteiger partial charge in [-0.2, -0.15) is 0 Å². The second-order valence-corrected chi connectivity index (χ2v) is 3.10. The molecule has 1 aromatic rings. The summed E-state index contributed by atoms with van der Waals surface area (Å²) in [4.78, 5) is 11.1. The van der Waals surface area contributed by atoms with E-state index in [-0.39, 0.29) is 11.6 Å². The monoisotopic (exact) mass is 214 g/mol. The molecule has 0 aliphatic heterocycles. The molecule has 0 aliphatic rings. The number of hydrogen-bond acceptors (Lipinski definition) is 2. The molecule has 0 saturated heterocycles. The van der Waals surface area contributed by atoms with Crippen molar-refractivity contribution in [3.05, 3.63) is 29.8 Å². The predicted molar refractivity (Wildman–Crippen MR) is 53.5 cm³/mol. The van der Waals surface area contributed by atoms with E-state index in [0.29, 0.717) is 0 Å². The molecule has 1 unspecified atom stereocenters. The van der Waals surface area contributed by atoms with Crippen molar-refractivity contribution in [1.82, 2.24) is 5.32 Å². The fourth-order valence-corrected chi connectivity index (χ4v) is 1.12. The van der Waals surface area contributed by atoms with Crippen LogP contribution in [0.2, 0.25) is 0 Å². The number of carbonyl (C=O) groups is 1. The molecule has 1 aromatic carbocycles. The van der Waals surface area contributed by atoms with Gasteiger partial charge in [0.15, 0.2) is 0 Å². The molecule has 0 spiro atoms. The van der Waals surface area contributed by atoms with Crippen molar-refractivity contribution in [3.8, 4) is 0 Å². The Bertz CT molecular complexity index is 368. The van der Waals surface area contributed by atoms with Crippen LogP contribution in [0.15, 0.2) is 18.2 Å². The summed E-state index contributed by atoms with van der Waals surface area (Å²) in [5, 5.41) is 5.05. The first-order chi connectivity index (χ1) is 7.04. The Morgan fingerprint density at radius 1 is 1.40 bits per heavy atom. The normalized spacial score (nSPS) is 12.0. The van der Waals surface area contributed by atoms with E-state index in [1.165, 1.54) is 13.1 Å². The third-order valence-electron chi connectivity index (χ3n) is 1.94. The van der Waals surface area contributed by atoms with Gasteiger partial charge >= 0.3 is 0 Å². The molecule has 0 aromatic heterocycles. The third-order valence-corrected chi connectivity index (χ3v) is 1.94. The van der Waals surface area contributed by atoms with Crippen molar-refractivity contribution in [2.75, 3.05) is 12.4 Å². The van der Waals surface area contributed by atoms with Crippen molar-refractivity contribution in [2.45, 2.75) is 13.0 Å². The Labute approximate surface area is 86.5 Å². The maximum absolute atomic E-state index is 13.1. The number of hydrogen-bond donors (Lipinski definition) is 2. The highest BCUT2D eigenvalue weighted by molar-refractivity contribution is 5.83. The van der Waals surface area contributed by atoms with E-state index in [0.717, 1.165) is 12.1 Å². The maximum atomic E-state index is 13.1. The molecule has 82 valence electrons. The number of anilines is 1. The second kappa shape index (κ2) is 4.72. The third kappa shape index (κ3) is 2.90. The van der Waals surface area contributed by atoms with Crippen molar-refractivity contribution in [3.63, 3.8) is 0 Å². The number of carbonyl (C=O) groups excluding carboxylic acids is 1. The number of halogens is 2. The summed E-state index contributed by atoms with van der Waals surface area (Å²) in [7, 11) is 1.49. The molecule has 0 saturated carbocycles. The van der Waals surface area contributed by atoms with Gasteiger partial charge in [0, 0.05) is 13.1 Å². The first kappa shape index (κ1) is 11.4. The van der Waals surface area contributed by atoms with E-state index in [9.17, 15) is 13.6 Å². The van der Waals surface area contributed by atoms with Crippen LogP contribution in [-0.2, 0) is 4.79 Å². The van der Waals surface area contributed by atoms with Crippen LogP contribution < -0.4 is 10.6 Å². The summed E-state index contributed by atoms with van der Waals surface area (Å²) in [6, 6.07) is 2.57. The molecule has 1 rings (SSSR count). The highest BCUT2D eigenvalue weighted by Gasteiger charge is 2.12. The fourth-order valence-electron chi connectivity index (χ4n) is 1.12. The molecule has 1 atom stereocenters. The first-order valence-electron chi connectivity index (χ1n) is 4.47. The average molecular weight is 214 g/mol. The van der Waals surface area contributed by atoms with Gasteiger partial charge in [0.1, 0.15) is 17.7 Å². The van der Waals surface area contributed by atoms with Gasteiger partial charge in [0.2, 0.25) is 5.91 Å². The van der Waals surface area contributed by atoms with Crippen LogP contribution in [0.3, 0.4) is 0 Å². The van der Waals surface area contributed by atoms with Crippen molar-refractivity contribution >= 4 is 11.6 Å². The minimum atomic E-state index is -0.717. The number of amides is 1. The van der Waals surface area contributed by atoms with Crippen molar-refractivity contribution in [2.24, 2.45) is 0 Å². The summed E-state index contributed by atoms with van der Waals surface area (Å²) >= 11 is 0. The minimum Gasteiger partial charge on any atom is -0.372 e. The first-order valence-corrected chi connectivity index (χ1v) is 4.47. The molecule has 0 radical (unpaired) electrons. The molecule has 0 fully saturated rings. The summed E-state index contributed by atoms with van der Waals surface area (Å²) < 4.78 is 25.7. The standard InChI is InChI=1S/C10H12F2N2O/c1-6(10(15)13-2)14-9-4-3-7(11)5-8(9)12/h3-6,14H,1-2H3,(H,13,15). The van der Waals surface area contributed by atoms with Crippen LogP contribution in [0.4, 0.5) is 14.5 Å². The number of rotatable bonds is 3. The molecular weight excluding hydrogens is 202 g/mol. The van der Waals surface area contributed by atoms with E-state index in [1.807, 2.05) is 0 Å². The van der Waals surface area contributed by atoms with Gasteiger partial charge < -0.3 is 10.6 Å². The fraction of sp³-hybridized carbons (Fsp3) is 0.300. The van der Waals surface area contributed by atoms with Gasteiger partial charge in [-0.15, -0.1) is 0 Å². The van der Waals surface area contributed by atoms with E-state index in [1.54, 1.807) is 6.92 Å². The number of benzene rings is 1. The average Bonchev–Trinajstić information content (AvgIpc) is 2.20. The molecule has 5 heteroatoms. The zero-order valence-electron chi connectivity index (χ0n) is 8.47. The molecule has 0 bridgehead atoms. The van der Waals surface area contributed by atoms with Crippen LogP contribution in [0.1, 0.15) is 6.92 Å². The van der Waals surface area contributed by atoms with Gasteiger partial charge in [0.25, 0.3) is 0 Å². The summed E-state index contributed by atoms with van der Waals surface area (Å²) in [6.45, 7) is 1.58. The molecule has 1 amide bonds. The Morgan fingerprint density at radius 2 is 2.07 bits per heavy atom. The quantitative estimate of drug-likeness (QED) is 0.800. The number of nitrogens with one attached hydrogen (secondary N) is 2. The van der Waals surface area contributed by atoms with Crippen LogP contribution >= 0.6 is 0 Å². The molecule has 3 nitrogen and oxygen atoms in total. The van der Waals surface area contributed by atoms with Gasteiger partial charge in [0.05, 0.1) is 5.69 Å². The van der Waals surface area contributed by atoms with E-state index in [4.69, 9.17) is 0 Å². The molecule has 0 aliphatic carbocycles. The Balaban J connectivity index is 2.76. The topological polar surface area (TPSA) is 41.1 Å². The van der Waals surface area contributed by atoms with Crippen molar-refractivity contribution in [1.29, 1.82) is 0 Å². The highest BCUT2D eigenvalue weighted by Crippen LogP contribution is 2.15. The molecule has 2 N–H and O–H groups in total. The number of likely N-dealkylation sites (N-methyl/N-ethyl adjacent to an activating group) is 1. The largest absolute Gasteiger partial charge is 0.372 e.